The van der Waals surface area contributed by atoms with Gasteiger partial charge in [0.05, 0.1) is 5.02 Å². The molecule has 0 saturated heterocycles. The van der Waals surface area contributed by atoms with Crippen molar-refractivity contribution in [3.63, 3.8) is 0 Å². The molecule has 0 aliphatic rings. The van der Waals surface area contributed by atoms with E-state index in [0.29, 0.717) is 4.68 Å². The molecule has 0 fully saturated rings. The molecule has 154 valence electrons. The van der Waals surface area contributed by atoms with Gasteiger partial charge in [-0.25, -0.2) is 9.18 Å². The molecule has 2 N–H and O–H groups in total. The Morgan fingerprint density at radius 1 is 1.30 bits per heavy atom. The summed E-state index contributed by atoms with van der Waals surface area (Å²) in [4.78, 5) is 25.5. The minimum Gasteiger partial charge on any atom is -0.508 e. The maximum Gasteiger partial charge on any atom is 0.349 e. The van der Waals surface area contributed by atoms with Crippen molar-refractivity contribution < 1.29 is 9.50 Å². The fourth-order valence-electron chi connectivity index (χ4n) is 2.95. The summed E-state index contributed by atoms with van der Waals surface area (Å²) in [6.45, 7) is 3.86. The summed E-state index contributed by atoms with van der Waals surface area (Å²) in [5.41, 5.74) is -1.30. The number of nitriles is 1. The largest absolute Gasteiger partial charge is 0.508 e. The van der Waals surface area contributed by atoms with Crippen LogP contribution in [0, 0.1) is 17.1 Å². The van der Waals surface area contributed by atoms with Crippen LogP contribution >= 0.6 is 23.2 Å². The Bertz CT molecular complexity index is 1310. The lowest BCUT2D eigenvalue weighted by Gasteiger charge is -2.14. The van der Waals surface area contributed by atoms with Gasteiger partial charge in [0.15, 0.2) is 5.82 Å². The van der Waals surface area contributed by atoms with Crippen molar-refractivity contribution in [3.8, 4) is 17.5 Å². The van der Waals surface area contributed by atoms with Crippen LogP contribution in [0.5, 0.6) is 5.75 Å². The molecule has 10 heteroatoms. The fourth-order valence-corrected chi connectivity index (χ4v) is 3.53. The molecule has 0 aliphatic heterocycles. The minimum atomic E-state index is -1.04. The smallest absolute Gasteiger partial charge is 0.349 e. The van der Waals surface area contributed by atoms with E-state index in [9.17, 15) is 14.7 Å². The molecule has 0 atom stereocenters. The van der Waals surface area contributed by atoms with E-state index in [1.54, 1.807) is 18.2 Å². The molecule has 7 nitrogen and oxygen atoms in total. The average molecular weight is 449 g/mol. The number of nitrogens with zero attached hydrogens (tertiary/aromatic N) is 3. The van der Waals surface area contributed by atoms with E-state index >= 15 is 4.39 Å². The highest BCUT2D eigenvalue weighted by Crippen LogP contribution is 2.34. The van der Waals surface area contributed by atoms with Crippen LogP contribution in [0.25, 0.3) is 5.69 Å². The molecule has 0 bridgehead atoms. The lowest BCUT2D eigenvalue weighted by molar-refractivity contribution is 0.464. The van der Waals surface area contributed by atoms with Crippen LogP contribution in [-0.4, -0.2) is 19.9 Å². The summed E-state index contributed by atoms with van der Waals surface area (Å²) in [5, 5.41) is 22.2. The van der Waals surface area contributed by atoms with E-state index in [-0.39, 0.29) is 33.7 Å². The molecule has 1 aromatic heterocycles. The SMILES string of the molecule is CC(C)c1cc(Cc2c(Cl)cc(-n3nc(C#N)c(=O)[nH]c3=O)c(F)c2Cl)ccc1O. The van der Waals surface area contributed by atoms with E-state index in [1.807, 2.05) is 18.8 Å². The summed E-state index contributed by atoms with van der Waals surface area (Å²) in [5.74, 6) is -0.753. The molecular formula is C20H15Cl2FN4O3. The summed E-state index contributed by atoms with van der Waals surface area (Å²) in [6.07, 6.45) is 0.173. The van der Waals surface area contributed by atoms with Gasteiger partial charge in [-0.05, 0) is 34.7 Å². The van der Waals surface area contributed by atoms with Crippen molar-refractivity contribution in [1.29, 1.82) is 5.26 Å². The van der Waals surface area contributed by atoms with Crippen molar-refractivity contribution in [3.05, 3.63) is 83.4 Å². The fraction of sp³-hybridized carbons (Fsp3) is 0.200. The highest BCUT2D eigenvalue weighted by atomic mass is 35.5. The summed E-state index contributed by atoms with van der Waals surface area (Å²) >= 11 is 12.5. The molecule has 30 heavy (non-hydrogen) atoms. The lowest BCUT2D eigenvalue weighted by atomic mass is 9.96. The average Bonchev–Trinajstić information content (AvgIpc) is 2.69. The van der Waals surface area contributed by atoms with Crippen LogP contribution in [0.3, 0.4) is 0 Å². The molecule has 0 saturated carbocycles. The normalized spacial score (nSPS) is 11.0. The van der Waals surface area contributed by atoms with Crippen molar-refractivity contribution in [2.24, 2.45) is 0 Å². The second-order valence-corrected chi connectivity index (χ2v) is 7.63. The zero-order valence-corrected chi connectivity index (χ0v) is 17.3. The van der Waals surface area contributed by atoms with Gasteiger partial charge in [0.1, 0.15) is 17.5 Å². The monoisotopic (exact) mass is 448 g/mol. The summed E-state index contributed by atoms with van der Waals surface area (Å²) in [7, 11) is 0. The Balaban J connectivity index is 2.11. The van der Waals surface area contributed by atoms with Crippen LogP contribution in [0.2, 0.25) is 10.0 Å². The molecule has 0 radical (unpaired) electrons. The summed E-state index contributed by atoms with van der Waals surface area (Å²) < 4.78 is 15.5. The van der Waals surface area contributed by atoms with E-state index in [1.165, 1.54) is 6.07 Å². The van der Waals surface area contributed by atoms with Crippen molar-refractivity contribution >= 4 is 23.2 Å². The molecule has 3 aromatic rings. The maximum atomic E-state index is 15.0. The third kappa shape index (κ3) is 3.95. The predicted molar refractivity (Wildman–Crippen MR) is 110 cm³/mol. The second-order valence-electron chi connectivity index (χ2n) is 6.84. The number of H-pyrrole nitrogens is 1. The van der Waals surface area contributed by atoms with Crippen LogP contribution in [-0.2, 0) is 6.42 Å². The van der Waals surface area contributed by atoms with Crippen LogP contribution in [0.1, 0.15) is 42.1 Å². The number of aromatic hydroxyl groups is 1. The van der Waals surface area contributed by atoms with E-state index in [0.717, 1.165) is 17.2 Å². The number of hydrogen-bond donors (Lipinski definition) is 2. The lowest BCUT2D eigenvalue weighted by Crippen LogP contribution is -2.33. The standard InChI is InChI=1S/C20H15Cl2FN4O3/c1-9(2)11-5-10(3-4-16(11)28)6-12-13(21)7-15(18(23)17(12)22)27-20(30)25-19(29)14(8-24)26-27/h3-5,7,9,28H,6H2,1-2H3,(H,25,29,30). The van der Waals surface area contributed by atoms with Gasteiger partial charge in [-0.3, -0.25) is 9.78 Å². The van der Waals surface area contributed by atoms with Gasteiger partial charge in [0.2, 0.25) is 5.69 Å². The molecule has 0 unspecified atom stereocenters. The number of phenols is 1. The van der Waals surface area contributed by atoms with Gasteiger partial charge >= 0.3 is 5.69 Å². The van der Waals surface area contributed by atoms with Crippen LogP contribution in [0.15, 0.2) is 33.9 Å². The number of benzene rings is 2. The van der Waals surface area contributed by atoms with Gasteiger partial charge < -0.3 is 5.11 Å². The Morgan fingerprint density at radius 3 is 2.63 bits per heavy atom. The number of aromatic nitrogens is 3. The zero-order valence-electron chi connectivity index (χ0n) is 15.8. The Hall–Kier alpha value is -3.15. The van der Waals surface area contributed by atoms with E-state index < -0.39 is 28.4 Å². The number of phenolic OH excluding ortho intramolecular Hbond substituents is 1. The molecular weight excluding hydrogens is 434 g/mol. The molecule has 3 rings (SSSR count). The minimum absolute atomic E-state index is 0.0639. The van der Waals surface area contributed by atoms with Crippen molar-refractivity contribution in [1.82, 2.24) is 14.8 Å². The predicted octanol–water partition coefficient (Wildman–Crippen LogP) is 3.66. The second kappa shape index (κ2) is 8.30. The van der Waals surface area contributed by atoms with Crippen molar-refractivity contribution in [2.75, 3.05) is 0 Å². The van der Waals surface area contributed by atoms with E-state index in [2.05, 4.69) is 5.10 Å². The van der Waals surface area contributed by atoms with Crippen molar-refractivity contribution in [2.45, 2.75) is 26.2 Å². The van der Waals surface area contributed by atoms with Gasteiger partial charge in [-0.2, -0.15) is 9.94 Å². The topological polar surface area (TPSA) is 112 Å². The van der Waals surface area contributed by atoms with Gasteiger partial charge in [0, 0.05) is 11.4 Å². The molecule has 0 spiro atoms. The number of nitrogens with one attached hydrogen (secondary N) is 1. The number of hydrogen-bond acceptors (Lipinski definition) is 5. The highest BCUT2D eigenvalue weighted by Gasteiger charge is 2.20. The Kier molecular flexibility index (Phi) is 5.97. The third-order valence-electron chi connectivity index (χ3n) is 4.49. The molecule has 1 heterocycles. The first kappa shape index (κ1) is 21.6. The molecule has 0 amide bonds. The molecule has 2 aromatic carbocycles. The molecule has 0 aliphatic carbocycles. The van der Waals surface area contributed by atoms with Crippen LogP contribution < -0.4 is 11.2 Å². The summed E-state index contributed by atoms with van der Waals surface area (Å²) in [6, 6.07) is 7.67. The maximum absolute atomic E-state index is 15.0. The first-order chi connectivity index (χ1) is 14.1. The Labute approximate surface area is 179 Å². The number of halogens is 3. The highest BCUT2D eigenvalue weighted by molar-refractivity contribution is 6.36. The number of rotatable bonds is 4. The number of aromatic amines is 1. The zero-order chi connectivity index (χ0) is 22.2. The van der Waals surface area contributed by atoms with Crippen LogP contribution in [0.4, 0.5) is 4.39 Å². The van der Waals surface area contributed by atoms with Gasteiger partial charge in [-0.15, -0.1) is 5.10 Å². The first-order valence-electron chi connectivity index (χ1n) is 8.76. The Morgan fingerprint density at radius 2 is 2.00 bits per heavy atom. The van der Waals surface area contributed by atoms with E-state index in [4.69, 9.17) is 28.5 Å². The van der Waals surface area contributed by atoms with Gasteiger partial charge in [0.25, 0.3) is 5.56 Å². The third-order valence-corrected chi connectivity index (χ3v) is 5.22. The quantitative estimate of drug-likeness (QED) is 0.591. The van der Waals surface area contributed by atoms with Gasteiger partial charge in [-0.1, -0.05) is 49.2 Å². The first-order valence-corrected chi connectivity index (χ1v) is 9.52.